The van der Waals surface area contributed by atoms with E-state index in [9.17, 15) is 9.90 Å². The molecule has 0 aliphatic carbocycles. The van der Waals surface area contributed by atoms with Crippen LogP contribution in [0.5, 0.6) is 0 Å². The van der Waals surface area contributed by atoms with Crippen molar-refractivity contribution in [2.75, 3.05) is 26.7 Å². The van der Waals surface area contributed by atoms with Crippen molar-refractivity contribution in [1.82, 2.24) is 20.2 Å². The number of H-pyrrole nitrogens is 1. The standard InChI is InChI=1S/C19H26N4O3/c1-18(25)11-26-19(10-16(18)20-2)5-7-23(8-6-19)17(24)13-3-4-14-15(9-13)22-12-21-14/h3-4,9,12,16,20,25H,5-8,10-11H2,1-2H3,(H,21,22)/t16-,18-/m0/s1. The maximum absolute atomic E-state index is 12.9. The van der Waals surface area contributed by atoms with Gasteiger partial charge in [0.15, 0.2) is 0 Å². The summed E-state index contributed by atoms with van der Waals surface area (Å²) >= 11 is 0. The number of carbonyl (C=O) groups is 1. The van der Waals surface area contributed by atoms with E-state index in [4.69, 9.17) is 4.74 Å². The molecule has 1 aromatic heterocycles. The molecule has 2 aliphatic rings. The van der Waals surface area contributed by atoms with Gasteiger partial charge in [-0.05, 0) is 51.4 Å². The number of aliphatic hydroxyl groups is 1. The first-order valence-corrected chi connectivity index (χ1v) is 9.18. The van der Waals surface area contributed by atoms with Crippen LogP contribution < -0.4 is 5.32 Å². The van der Waals surface area contributed by atoms with E-state index in [0.717, 1.165) is 30.3 Å². The second-order valence-corrected chi connectivity index (χ2v) is 7.80. The highest BCUT2D eigenvalue weighted by molar-refractivity contribution is 5.97. The van der Waals surface area contributed by atoms with Crippen LogP contribution in [0, 0.1) is 0 Å². The quantitative estimate of drug-likeness (QED) is 0.753. The number of amides is 1. The lowest BCUT2D eigenvalue weighted by atomic mass is 9.77. The van der Waals surface area contributed by atoms with Gasteiger partial charge in [0.2, 0.25) is 0 Å². The lowest BCUT2D eigenvalue weighted by Gasteiger charge is -2.50. The van der Waals surface area contributed by atoms with E-state index in [1.54, 1.807) is 6.33 Å². The Bertz CT molecular complexity index is 808. The summed E-state index contributed by atoms with van der Waals surface area (Å²) in [5.41, 5.74) is 1.31. The van der Waals surface area contributed by atoms with Crippen LogP contribution in [0.4, 0.5) is 0 Å². The predicted molar refractivity (Wildman–Crippen MR) is 98.0 cm³/mol. The third-order valence-corrected chi connectivity index (χ3v) is 5.97. The molecule has 1 spiro atoms. The minimum Gasteiger partial charge on any atom is -0.386 e. The van der Waals surface area contributed by atoms with E-state index in [1.807, 2.05) is 37.1 Å². The molecule has 7 nitrogen and oxygen atoms in total. The van der Waals surface area contributed by atoms with Gasteiger partial charge in [0.1, 0.15) is 5.60 Å². The summed E-state index contributed by atoms with van der Waals surface area (Å²) in [5.74, 6) is 0.0457. The molecule has 2 aliphatic heterocycles. The van der Waals surface area contributed by atoms with Crippen LogP contribution in [-0.2, 0) is 4.74 Å². The molecule has 2 atom stereocenters. The van der Waals surface area contributed by atoms with Crippen molar-refractivity contribution in [3.8, 4) is 0 Å². The van der Waals surface area contributed by atoms with Gasteiger partial charge in [-0.25, -0.2) is 4.98 Å². The Morgan fingerprint density at radius 3 is 2.92 bits per heavy atom. The minimum atomic E-state index is -0.855. The lowest BCUT2D eigenvalue weighted by Crippen LogP contribution is -2.62. The first-order chi connectivity index (χ1) is 12.4. The number of likely N-dealkylation sites (N-methyl/N-ethyl adjacent to an activating group) is 1. The Morgan fingerprint density at radius 1 is 1.42 bits per heavy atom. The zero-order chi connectivity index (χ0) is 18.4. The Morgan fingerprint density at radius 2 is 2.19 bits per heavy atom. The number of likely N-dealkylation sites (tertiary alicyclic amines) is 1. The van der Waals surface area contributed by atoms with Gasteiger partial charge >= 0.3 is 0 Å². The zero-order valence-electron chi connectivity index (χ0n) is 15.3. The summed E-state index contributed by atoms with van der Waals surface area (Å²) in [5, 5.41) is 13.7. The molecular weight excluding hydrogens is 332 g/mol. The van der Waals surface area contributed by atoms with Gasteiger partial charge in [-0.15, -0.1) is 0 Å². The van der Waals surface area contributed by atoms with Gasteiger partial charge in [-0.1, -0.05) is 0 Å². The van der Waals surface area contributed by atoms with Crippen molar-refractivity contribution < 1.29 is 14.6 Å². The number of piperidine rings is 1. The summed E-state index contributed by atoms with van der Waals surface area (Å²) < 4.78 is 6.09. The van der Waals surface area contributed by atoms with Gasteiger partial charge < -0.3 is 25.0 Å². The number of nitrogens with zero attached hydrogens (tertiary/aromatic N) is 2. The molecule has 3 heterocycles. The van der Waals surface area contributed by atoms with Crippen molar-refractivity contribution in [2.45, 2.75) is 43.4 Å². The molecule has 7 heteroatoms. The summed E-state index contributed by atoms with van der Waals surface area (Å²) in [7, 11) is 1.88. The number of fused-ring (bicyclic) bond motifs is 1. The third-order valence-electron chi connectivity index (χ3n) is 5.97. The zero-order valence-corrected chi connectivity index (χ0v) is 15.3. The van der Waals surface area contributed by atoms with Crippen molar-refractivity contribution in [1.29, 1.82) is 0 Å². The monoisotopic (exact) mass is 358 g/mol. The Balaban J connectivity index is 1.44. The number of nitrogens with one attached hydrogen (secondary N) is 2. The molecule has 4 rings (SSSR count). The lowest BCUT2D eigenvalue weighted by molar-refractivity contribution is -0.189. The molecule has 2 fully saturated rings. The van der Waals surface area contributed by atoms with Crippen LogP contribution >= 0.6 is 0 Å². The van der Waals surface area contributed by atoms with Gasteiger partial charge in [0, 0.05) is 24.7 Å². The summed E-state index contributed by atoms with van der Waals surface area (Å²) in [6.07, 6.45) is 3.98. The number of aromatic amines is 1. The van der Waals surface area contributed by atoms with Gasteiger partial charge in [0.25, 0.3) is 5.91 Å². The molecule has 2 aromatic rings. The van der Waals surface area contributed by atoms with E-state index in [2.05, 4.69) is 15.3 Å². The van der Waals surface area contributed by atoms with Gasteiger partial charge in [0.05, 0.1) is 29.6 Å². The highest BCUT2D eigenvalue weighted by atomic mass is 16.5. The fourth-order valence-electron chi connectivity index (χ4n) is 4.18. The topological polar surface area (TPSA) is 90.5 Å². The number of carbonyl (C=O) groups excluding carboxylic acids is 1. The molecule has 0 saturated carbocycles. The molecule has 1 aromatic carbocycles. The maximum Gasteiger partial charge on any atom is 0.253 e. The number of benzene rings is 1. The molecule has 3 N–H and O–H groups in total. The smallest absolute Gasteiger partial charge is 0.253 e. The number of hydrogen-bond donors (Lipinski definition) is 3. The second kappa shape index (κ2) is 6.33. The van der Waals surface area contributed by atoms with E-state index in [-0.39, 0.29) is 17.6 Å². The van der Waals surface area contributed by atoms with Gasteiger partial charge in [-0.2, -0.15) is 0 Å². The van der Waals surface area contributed by atoms with Crippen molar-refractivity contribution in [3.63, 3.8) is 0 Å². The third kappa shape index (κ3) is 3.00. The summed E-state index contributed by atoms with van der Waals surface area (Å²) in [4.78, 5) is 22.0. The highest BCUT2D eigenvalue weighted by Crippen LogP contribution is 2.38. The largest absolute Gasteiger partial charge is 0.386 e. The van der Waals surface area contributed by atoms with Crippen molar-refractivity contribution >= 4 is 16.9 Å². The first-order valence-electron chi connectivity index (χ1n) is 9.18. The Labute approximate surface area is 152 Å². The van der Waals surface area contributed by atoms with Crippen LogP contribution in [0.2, 0.25) is 0 Å². The first kappa shape index (κ1) is 17.5. The molecule has 2 saturated heterocycles. The average molecular weight is 358 g/mol. The molecule has 0 bridgehead atoms. The summed E-state index contributed by atoms with van der Waals surface area (Å²) in [6.45, 7) is 3.46. The minimum absolute atomic E-state index is 0.00119. The van der Waals surface area contributed by atoms with E-state index >= 15 is 0 Å². The average Bonchev–Trinajstić information content (AvgIpc) is 3.12. The number of hydrogen-bond acceptors (Lipinski definition) is 5. The van der Waals surface area contributed by atoms with Crippen molar-refractivity contribution in [2.24, 2.45) is 0 Å². The van der Waals surface area contributed by atoms with Crippen molar-refractivity contribution in [3.05, 3.63) is 30.1 Å². The van der Waals surface area contributed by atoms with Crippen LogP contribution in [0.3, 0.4) is 0 Å². The van der Waals surface area contributed by atoms with Crippen LogP contribution in [0.25, 0.3) is 11.0 Å². The van der Waals surface area contributed by atoms with Gasteiger partial charge in [-0.3, -0.25) is 4.79 Å². The molecule has 140 valence electrons. The highest BCUT2D eigenvalue weighted by Gasteiger charge is 2.48. The Hall–Kier alpha value is -1.96. The molecule has 26 heavy (non-hydrogen) atoms. The van der Waals surface area contributed by atoms with Crippen LogP contribution in [-0.4, -0.2) is 69.9 Å². The van der Waals surface area contributed by atoms with Crippen LogP contribution in [0.15, 0.2) is 24.5 Å². The molecule has 1 amide bonds. The summed E-state index contributed by atoms with van der Waals surface area (Å²) in [6, 6.07) is 5.57. The number of aromatic nitrogens is 2. The fraction of sp³-hybridized carbons (Fsp3) is 0.579. The fourth-order valence-corrected chi connectivity index (χ4v) is 4.18. The molecule has 0 unspecified atom stereocenters. The van der Waals surface area contributed by atoms with E-state index in [0.29, 0.717) is 25.3 Å². The van der Waals surface area contributed by atoms with E-state index < -0.39 is 5.60 Å². The van der Waals surface area contributed by atoms with E-state index in [1.165, 1.54) is 0 Å². The molecular formula is C19H26N4O3. The number of ether oxygens (including phenoxy) is 1. The SMILES string of the molecule is CN[C@H]1CC2(CCN(C(=O)c3ccc4nc[nH]c4c3)CC2)OC[C@]1(C)O. The maximum atomic E-state index is 12.9. The number of imidazole rings is 1. The predicted octanol–water partition coefficient (Wildman–Crippen LogP) is 1.30. The van der Waals surface area contributed by atoms with Crippen LogP contribution in [0.1, 0.15) is 36.5 Å². The normalized spacial score (nSPS) is 28.6. The second-order valence-electron chi connectivity index (χ2n) is 7.80. The number of rotatable bonds is 2. The Kier molecular flexibility index (Phi) is 4.25. The molecule has 0 radical (unpaired) electrons.